The molecule has 0 spiro atoms. The van der Waals surface area contributed by atoms with Gasteiger partial charge in [-0.05, 0) is 17.2 Å². The molecule has 0 saturated heterocycles. The Morgan fingerprint density at radius 3 is 2.18 bits per heavy atom. The summed E-state index contributed by atoms with van der Waals surface area (Å²) in [7, 11) is 1.00. The number of hydrogen-bond donors (Lipinski definition) is 0. The third-order valence-corrected chi connectivity index (χ3v) is 3.42. The lowest BCUT2D eigenvalue weighted by Crippen LogP contribution is -2.11. The van der Waals surface area contributed by atoms with Gasteiger partial charge in [-0.2, -0.15) is 0 Å². The molecule has 0 N–H and O–H groups in total. The summed E-state index contributed by atoms with van der Waals surface area (Å²) in [6, 6.07) is 0. The van der Waals surface area contributed by atoms with Crippen LogP contribution in [0.5, 0.6) is 0 Å². The molecule has 0 aromatic carbocycles. The molecule has 0 aliphatic carbocycles. The van der Waals surface area contributed by atoms with Gasteiger partial charge < -0.3 is 0 Å². The Balaban J connectivity index is 3.87. The maximum absolute atomic E-state index is 4.06. The third-order valence-electron chi connectivity index (χ3n) is 1.72. The second-order valence-corrected chi connectivity index (χ2v) is 6.78. The van der Waals surface area contributed by atoms with Crippen molar-refractivity contribution < 1.29 is 0 Å². The van der Waals surface area contributed by atoms with Gasteiger partial charge >= 0.3 is 0 Å². The summed E-state index contributed by atoms with van der Waals surface area (Å²) < 4.78 is 0. The molecule has 0 saturated carbocycles. The monoisotopic (exact) mass is 172 g/mol. The van der Waals surface area contributed by atoms with Gasteiger partial charge in [0.2, 0.25) is 0 Å². The van der Waals surface area contributed by atoms with E-state index in [9.17, 15) is 0 Å². The van der Waals surface area contributed by atoms with Crippen molar-refractivity contribution in [3.8, 4) is 0 Å². The first-order chi connectivity index (χ1) is 4.87. The van der Waals surface area contributed by atoms with Crippen LogP contribution in [-0.2, 0) is 0 Å². The molecule has 66 valence electrons. The maximum atomic E-state index is 4.06. The lowest BCUT2D eigenvalue weighted by Gasteiger charge is -2.24. The van der Waals surface area contributed by atoms with E-state index in [4.69, 9.17) is 0 Å². The fourth-order valence-corrected chi connectivity index (χ4v) is 2.77. The van der Waals surface area contributed by atoms with Gasteiger partial charge in [0.05, 0.1) is 0 Å². The number of rotatable bonds is 3. The molecule has 2 unspecified atom stereocenters. The van der Waals surface area contributed by atoms with Crippen molar-refractivity contribution in [2.24, 2.45) is 0 Å². The molecule has 0 fully saturated rings. The van der Waals surface area contributed by atoms with Gasteiger partial charge in [0.1, 0.15) is 0 Å². The van der Waals surface area contributed by atoms with Crippen LogP contribution in [0.4, 0.5) is 0 Å². The largest absolute Gasteiger partial charge is 0.109 e. The molecule has 0 heterocycles. The number of hydrogen-bond acceptors (Lipinski definition) is 0. The highest BCUT2D eigenvalue weighted by Gasteiger charge is 2.15. The van der Waals surface area contributed by atoms with E-state index in [1.165, 1.54) is 5.57 Å². The lowest BCUT2D eigenvalue weighted by molar-refractivity contribution is 0.783. The van der Waals surface area contributed by atoms with Crippen LogP contribution in [0, 0.1) is 0 Å². The van der Waals surface area contributed by atoms with Crippen LogP contribution in [-0.4, -0.2) is 10.8 Å². The molecular formula is C10H21P. The van der Waals surface area contributed by atoms with E-state index in [1.54, 1.807) is 0 Å². The van der Waals surface area contributed by atoms with Gasteiger partial charge in [0.25, 0.3) is 0 Å². The van der Waals surface area contributed by atoms with E-state index in [-0.39, 0.29) is 0 Å². The molecule has 11 heavy (non-hydrogen) atoms. The molecule has 0 aliphatic heterocycles. The van der Waals surface area contributed by atoms with Crippen molar-refractivity contribution in [3.63, 3.8) is 0 Å². The Morgan fingerprint density at radius 1 is 1.45 bits per heavy atom. The fourth-order valence-electron chi connectivity index (χ4n) is 1.06. The summed E-state index contributed by atoms with van der Waals surface area (Å²) in [6.45, 7) is 15.4. The van der Waals surface area contributed by atoms with E-state index >= 15 is 0 Å². The minimum atomic E-state index is 0.470. The second-order valence-electron chi connectivity index (χ2n) is 4.13. The molecule has 0 aromatic rings. The molecule has 1 heteroatoms. The summed E-state index contributed by atoms with van der Waals surface area (Å²) in [5, 5.41) is 0.470. The van der Waals surface area contributed by atoms with E-state index in [1.807, 2.05) is 0 Å². The van der Waals surface area contributed by atoms with Crippen LogP contribution in [0.2, 0.25) is 0 Å². The molecule has 0 radical (unpaired) electrons. The van der Waals surface area contributed by atoms with Gasteiger partial charge in [-0.3, -0.25) is 0 Å². The van der Waals surface area contributed by atoms with Crippen LogP contribution in [0.3, 0.4) is 0 Å². The van der Waals surface area contributed by atoms with Gasteiger partial charge in [-0.25, -0.2) is 0 Å². The molecule has 0 rings (SSSR count). The summed E-state index contributed by atoms with van der Waals surface area (Å²) in [5.74, 6) is 0. The zero-order valence-corrected chi connectivity index (χ0v) is 9.49. The van der Waals surface area contributed by atoms with Crippen LogP contribution in [0.15, 0.2) is 12.2 Å². The van der Waals surface area contributed by atoms with E-state index in [2.05, 4.69) is 41.2 Å². The number of allylic oxidation sites excluding steroid dienone is 1. The van der Waals surface area contributed by atoms with Crippen molar-refractivity contribution in [1.29, 1.82) is 0 Å². The zero-order valence-electron chi connectivity index (χ0n) is 8.49. The third kappa shape index (κ3) is 5.44. The van der Waals surface area contributed by atoms with Gasteiger partial charge in [-0.15, -0.1) is 8.58 Å². The molecule has 0 nitrogen and oxygen atoms in total. The van der Waals surface area contributed by atoms with Gasteiger partial charge in [0.15, 0.2) is 0 Å². The van der Waals surface area contributed by atoms with Crippen LogP contribution < -0.4 is 0 Å². The summed E-state index contributed by atoms with van der Waals surface area (Å²) in [4.78, 5) is 0. The first kappa shape index (κ1) is 11.2. The predicted molar refractivity (Wildman–Crippen MR) is 57.0 cm³/mol. The Labute approximate surface area is 73.2 Å². The Kier molecular flexibility index (Phi) is 4.32. The molecule has 0 aliphatic rings. The standard InChI is InChI=1S/C10H21P/c1-7-8(2)9(3)11-10(4,5)6/h9,11H,2,7H2,1,3-6H3. The minimum Gasteiger partial charge on any atom is -0.109 e. The lowest BCUT2D eigenvalue weighted by atomic mass is 10.2. The van der Waals surface area contributed by atoms with Crippen molar-refractivity contribution >= 4 is 8.58 Å². The molecule has 0 aromatic heterocycles. The molecule has 2 atom stereocenters. The molecular weight excluding hydrogens is 151 g/mol. The first-order valence-electron chi connectivity index (χ1n) is 4.32. The van der Waals surface area contributed by atoms with Gasteiger partial charge in [-0.1, -0.05) is 46.8 Å². The zero-order chi connectivity index (χ0) is 9.07. The normalized spacial score (nSPS) is 15.7. The average Bonchev–Trinajstić information content (AvgIpc) is 1.82. The highest BCUT2D eigenvalue weighted by molar-refractivity contribution is 7.41. The summed E-state index contributed by atoms with van der Waals surface area (Å²) in [6.07, 6.45) is 1.13. The minimum absolute atomic E-state index is 0.470. The first-order valence-corrected chi connectivity index (χ1v) is 5.40. The van der Waals surface area contributed by atoms with E-state index in [0.29, 0.717) is 10.8 Å². The topological polar surface area (TPSA) is 0 Å². The maximum Gasteiger partial charge on any atom is -0.00535 e. The second kappa shape index (κ2) is 4.26. The highest BCUT2D eigenvalue weighted by atomic mass is 31.1. The van der Waals surface area contributed by atoms with Crippen molar-refractivity contribution in [2.45, 2.75) is 51.9 Å². The smallest absolute Gasteiger partial charge is 0.00535 e. The Hall–Kier alpha value is 0.170. The average molecular weight is 172 g/mol. The molecule has 0 bridgehead atoms. The van der Waals surface area contributed by atoms with Gasteiger partial charge in [0, 0.05) is 0 Å². The van der Waals surface area contributed by atoms with Crippen molar-refractivity contribution in [1.82, 2.24) is 0 Å². The summed E-state index contributed by atoms with van der Waals surface area (Å²) >= 11 is 0. The Morgan fingerprint density at radius 2 is 1.91 bits per heavy atom. The quantitative estimate of drug-likeness (QED) is 0.448. The SMILES string of the molecule is C=C(CC)C(C)PC(C)(C)C. The van der Waals surface area contributed by atoms with Crippen LogP contribution in [0.25, 0.3) is 0 Å². The fraction of sp³-hybridized carbons (Fsp3) is 0.800. The van der Waals surface area contributed by atoms with Crippen molar-refractivity contribution in [2.75, 3.05) is 0 Å². The molecule has 0 amide bonds. The van der Waals surface area contributed by atoms with Crippen molar-refractivity contribution in [3.05, 3.63) is 12.2 Å². The predicted octanol–water partition coefficient (Wildman–Crippen LogP) is 3.82. The van der Waals surface area contributed by atoms with E-state index < -0.39 is 0 Å². The van der Waals surface area contributed by atoms with Crippen LogP contribution >= 0.6 is 8.58 Å². The Bertz CT molecular complexity index is 130. The van der Waals surface area contributed by atoms with E-state index in [0.717, 1.165) is 15.0 Å². The van der Waals surface area contributed by atoms with Crippen LogP contribution in [0.1, 0.15) is 41.0 Å². The summed E-state index contributed by atoms with van der Waals surface area (Å²) in [5.41, 5.74) is 2.11. The highest BCUT2D eigenvalue weighted by Crippen LogP contribution is 2.38.